The van der Waals surface area contributed by atoms with Crippen molar-refractivity contribution in [3.8, 4) is 0 Å². The van der Waals surface area contributed by atoms with Gasteiger partial charge >= 0.3 is 0 Å². The lowest BCUT2D eigenvalue weighted by molar-refractivity contribution is 0.0983. The highest BCUT2D eigenvalue weighted by atomic mass is 32.2. The monoisotopic (exact) mass is 1460 g/mol. The minimum absolute atomic E-state index is 0.333. The molecular formula is C73H84OS15. The molecule has 1 nitrogen and oxygen atoms in total. The van der Waals surface area contributed by atoms with E-state index < -0.39 is 0 Å². The summed E-state index contributed by atoms with van der Waals surface area (Å²) in [4.78, 5) is 19.4. The molecule has 0 saturated carbocycles. The fourth-order valence-electron chi connectivity index (χ4n) is 11.4. The Morgan fingerprint density at radius 1 is 0.281 bits per heavy atom. The van der Waals surface area contributed by atoms with E-state index in [0.29, 0.717) is 12.2 Å². The summed E-state index contributed by atoms with van der Waals surface area (Å²) in [6.45, 7) is 11.3. The fraction of sp³-hybridized carbons (Fsp3) is 0.438. The van der Waals surface area contributed by atoms with Crippen molar-refractivity contribution in [1.29, 1.82) is 0 Å². The van der Waals surface area contributed by atoms with Crippen LogP contribution in [0.4, 0.5) is 0 Å². The molecule has 0 unspecified atom stereocenters. The Kier molecular flexibility index (Phi) is 26.8. The van der Waals surface area contributed by atoms with Crippen LogP contribution in [0, 0.1) is 6.92 Å². The van der Waals surface area contributed by atoms with E-state index in [2.05, 4.69) is 122 Å². The Bertz CT molecular complexity index is 4350. The third-order valence-electron chi connectivity index (χ3n) is 16.2. The molecule has 0 radical (unpaired) electrons. The highest BCUT2D eigenvalue weighted by Gasteiger charge is 2.17. The second-order valence-corrected chi connectivity index (χ2v) is 39.0. The van der Waals surface area contributed by atoms with Crippen LogP contribution >= 0.6 is 170 Å². The van der Waals surface area contributed by atoms with E-state index in [9.17, 15) is 4.79 Å². The maximum absolute atomic E-state index is 12.2. The number of ketones is 1. The number of thiophene rings is 15. The Morgan fingerprint density at radius 3 is 0.955 bits per heavy atom. The van der Waals surface area contributed by atoms with Gasteiger partial charge in [0.15, 0.2) is 5.78 Å². The third kappa shape index (κ3) is 18.0. The summed E-state index contributed by atoms with van der Waals surface area (Å²) in [5, 5.41) is 10.9. The molecule has 0 saturated heterocycles. The molecule has 0 aliphatic rings. The predicted octanol–water partition coefficient (Wildman–Crippen LogP) is 32.4. The molecular weight excluding hydrogens is 1370 g/mol. The Morgan fingerprint density at radius 2 is 0.562 bits per heavy atom. The fourth-order valence-corrected chi connectivity index (χ4v) is 30.3. The molecule has 472 valence electrons. The second kappa shape index (κ2) is 35.0. The highest BCUT2D eigenvalue weighted by Crippen LogP contribution is 2.47. The first-order valence-electron chi connectivity index (χ1n) is 32.7. The first-order valence-corrected chi connectivity index (χ1v) is 45.3. The number of aryl methyl sites for hydroxylation is 4. The number of carbonyl (C=O) groups is 1. The van der Waals surface area contributed by atoms with E-state index in [0.717, 1.165) is 11.3 Å². The van der Waals surface area contributed by atoms with Gasteiger partial charge in [0.1, 0.15) is 0 Å². The number of hydrogen-bond donors (Lipinski definition) is 0. The average Bonchev–Trinajstić information content (AvgIpc) is 1.91. The summed E-state index contributed by atoms with van der Waals surface area (Å²) in [5.74, 6) is 0.333. The van der Waals surface area contributed by atoms with Crippen molar-refractivity contribution in [2.75, 3.05) is 0 Å². The van der Waals surface area contributed by atoms with Gasteiger partial charge in [-0.1, -0.05) is 150 Å². The van der Waals surface area contributed by atoms with Crippen molar-refractivity contribution < 1.29 is 4.79 Å². The average molecular weight is 1460 g/mol. The van der Waals surface area contributed by atoms with Crippen LogP contribution in [0.15, 0.2) is 87.6 Å². The molecule has 16 heteroatoms. The zero-order valence-corrected chi connectivity index (χ0v) is 64.5. The standard InChI is InChI=1S/C17H22S3.C16H18OS3.2C16H20S3.C8H4S3/c1-3-4-5-6-7-8-9-13-11-15-17(19-13)16-14(20-15)10-12(2)18-16;1-2-3-4-5-6-7-11(17)13-10-14-16(20-13)15-12(19-14)8-9-18-15;2*1-2-3-4-5-6-7-8-12-11-14-16(18-12)15-13(19-14)9-10-17-15;1-3-9-7-5(1)11-6-2-4-10-8(6)7/h10-11H,3-9H2,1-2H3;8-10H,2-7H2,1H3;2*9-11H,2-8H2,1H3;1-4H. The molecule has 0 amide bonds. The van der Waals surface area contributed by atoms with Crippen LogP contribution in [-0.4, -0.2) is 5.78 Å². The third-order valence-corrected chi connectivity index (χ3v) is 34.2. The quantitative estimate of drug-likeness (QED) is 0.0353. The molecule has 0 spiro atoms. The van der Waals surface area contributed by atoms with Crippen LogP contribution < -0.4 is 0 Å². The van der Waals surface area contributed by atoms with Gasteiger partial charge in [-0.25, -0.2) is 0 Å². The molecule has 0 fully saturated rings. The van der Waals surface area contributed by atoms with Crippen molar-refractivity contribution in [3.63, 3.8) is 0 Å². The maximum Gasteiger partial charge on any atom is 0.172 e. The van der Waals surface area contributed by atoms with Gasteiger partial charge in [-0.15, -0.1) is 170 Å². The molecule has 89 heavy (non-hydrogen) atoms. The number of Topliss-reactive ketones (excluding diaryl/α,β-unsaturated/α-hetero) is 1. The van der Waals surface area contributed by atoms with E-state index in [1.165, 1.54) is 255 Å². The van der Waals surface area contributed by atoms with Gasteiger partial charge < -0.3 is 0 Å². The maximum atomic E-state index is 12.2. The molecule has 0 N–H and O–H groups in total. The number of rotatable bonds is 28. The van der Waals surface area contributed by atoms with Crippen LogP contribution in [0.3, 0.4) is 0 Å². The number of carbonyl (C=O) groups excluding carboxylic acids is 1. The van der Waals surface area contributed by atoms with Gasteiger partial charge in [0.05, 0.1) is 51.9 Å². The van der Waals surface area contributed by atoms with E-state index in [4.69, 9.17) is 0 Å². The second-order valence-electron chi connectivity index (χ2n) is 23.3. The van der Waals surface area contributed by atoms with Crippen LogP contribution in [0.1, 0.15) is 211 Å². The van der Waals surface area contributed by atoms with Gasteiger partial charge in [0.25, 0.3) is 0 Å². The smallest absolute Gasteiger partial charge is 0.172 e. The molecule has 15 aromatic heterocycles. The van der Waals surface area contributed by atoms with Crippen LogP contribution in [0.5, 0.6) is 0 Å². The summed E-state index contributed by atoms with van der Waals surface area (Å²) in [7, 11) is 0. The van der Waals surface area contributed by atoms with E-state index >= 15 is 0 Å². The van der Waals surface area contributed by atoms with Gasteiger partial charge in [-0.2, -0.15) is 0 Å². The van der Waals surface area contributed by atoms with Gasteiger partial charge in [-0.05, 0) is 139 Å². The minimum Gasteiger partial charge on any atom is -0.293 e. The van der Waals surface area contributed by atoms with Crippen LogP contribution in [0.25, 0.3) is 94.0 Å². The van der Waals surface area contributed by atoms with Crippen molar-refractivity contribution >= 4 is 270 Å². The summed E-state index contributed by atoms with van der Waals surface area (Å²) < 4.78 is 29.3. The molecule has 0 bridgehead atoms. The van der Waals surface area contributed by atoms with Gasteiger partial charge in [-0.3, -0.25) is 4.79 Å². The topological polar surface area (TPSA) is 17.1 Å². The van der Waals surface area contributed by atoms with Gasteiger partial charge in [0, 0.05) is 72.9 Å². The molecule has 0 aliphatic carbocycles. The number of unbranched alkanes of at least 4 members (excludes halogenated alkanes) is 19. The molecule has 0 aliphatic heterocycles. The summed E-state index contributed by atoms with van der Waals surface area (Å²) in [6.07, 6.45) is 35.7. The van der Waals surface area contributed by atoms with Crippen molar-refractivity contribution in [2.24, 2.45) is 0 Å². The molecule has 15 heterocycles. The van der Waals surface area contributed by atoms with Crippen molar-refractivity contribution in [2.45, 2.75) is 208 Å². The largest absolute Gasteiger partial charge is 0.293 e. The Hall–Kier alpha value is -2.23. The predicted molar refractivity (Wildman–Crippen MR) is 429 cm³/mol. The molecule has 0 aromatic carbocycles. The van der Waals surface area contributed by atoms with Crippen molar-refractivity contribution in [1.82, 2.24) is 0 Å². The lowest BCUT2D eigenvalue weighted by atomic mass is 10.1. The normalized spacial score (nSPS) is 11.8. The van der Waals surface area contributed by atoms with Gasteiger partial charge in [0.2, 0.25) is 0 Å². The zero-order valence-electron chi connectivity index (χ0n) is 52.3. The SMILES string of the molecule is CCCCCCCC(=O)c1cc2sc3ccsc3c2s1.CCCCCCCCc1cc2sc3cc(C)sc3c2s1.CCCCCCCCc1cc2sc3ccsc3c2s1.CCCCCCCCc1cc2sc3ccsc3c2s1.c1cc2sc3ccsc3c2s1. The molecule has 15 rings (SSSR count). The lowest BCUT2D eigenvalue weighted by Crippen LogP contribution is -1.95. The summed E-state index contributed by atoms with van der Waals surface area (Å²) in [6, 6.07) is 22.8. The molecule has 0 atom stereocenters. The van der Waals surface area contributed by atoms with E-state index in [-0.39, 0.29) is 0 Å². The number of fused-ring (bicyclic) bond motifs is 15. The van der Waals surface area contributed by atoms with E-state index in [1.54, 1.807) is 42.0 Å². The van der Waals surface area contributed by atoms with Crippen LogP contribution in [0.2, 0.25) is 0 Å². The van der Waals surface area contributed by atoms with E-state index in [1.807, 2.05) is 147 Å². The summed E-state index contributed by atoms with van der Waals surface area (Å²) >= 11 is 28.6. The first-order chi connectivity index (χ1) is 43.8. The zero-order chi connectivity index (χ0) is 61.3. The highest BCUT2D eigenvalue weighted by molar-refractivity contribution is 7.41. The van der Waals surface area contributed by atoms with Crippen LogP contribution in [-0.2, 0) is 19.3 Å². The number of hydrogen-bond acceptors (Lipinski definition) is 16. The Labute approximate surface area is 587 Å². The first kappa shape index (κ1) is 68.2. The van der Waals surface area contributed by atoms with Crippen molar-refractivity contribution in [3.05, 3.63) is 112 Å². The lowest BCUT2D eigenvalue weighted by Gasteiger charge is -1.99. The molecule has 15 aromatic rings. The summed E-state index contributed by atoms with van der Waals surface area (Å²) in [5.41, 5.74) is 0. The minimum atomic E-state index is 0.333. The Balaban J connectivity index is 0.000000116.